The smallest absolute Gasteiger partial charge is 0.298 e. The van der Waals surface area contributed by atoms with Gasteiger partial charge in [-0.3, -0.25) is 4.55 Å². The molecule has 0 saturated heterocycles. The highest BCUT2D eigenvalue weighted by molar-refractivity contribution is 7.86. The van der Waals surface area contributed by atoms with Gasteiger partial charge in [0, 0.05) is 5.92 Å². The Morgan fingerprint density at radius 1 is 0.880 bits per heavy atom. The van der Waals surface area contributed by atoms with Gasteiger partial charge in [0.25, 0.3) is 10.1 Å². The molecular formula is C20H18O4S. The van der Waals surface area contributed by atoms with Crippen molar-refractivity contribution in [3.63, 3.8) is 0 Å². The van der Waals surface area contributed by atoms with Crippen molar-refractivity contribution in [2.24, 2.45) is 0 Å². The summed E-state index contributed by atoms with van der Waals surface area (Å²) in [6, 6.07) is 21.8. The van der Waals surface area contributed by atoms with E-state index in [2.05, 4.69) is 0 Å². The van der Waals surface area contributed by atoms with Crippen molar-refractivity contribution in [2.45, 2.75) is 17.7 Å². The lowest BCUT2D eigenvalue weighted by Crippen LogP contribution is -2.04. The van der Waals surface area contributed by atoms with Crippen LogP contribution in [-0.4, -0.2) is 18.1 Å². The summed E-state index contributed by atoms with van der Waals surface area (Å²) >= 11 is 0. The van der Waals surface area contributed by atoms with Crippen molar-refractivity contribution in [1.82, 2.24) is 0 Å². The number of aromatic hydroxyl groups is 1. The van der Waals surface area contributed by atoms with Crippen LogP contribution in [0.1, 0.15) is 24.0 Å². The summed E-state index contributed by atoms with van der Waals surface area (Å²) in [4.78, 5) is -0.482. The van der Waals surface area contributed by atoms with Crippen LogP contribution in [0, 0.1) is 0 Å². The third-order valence-electron chi connectivity index (χ3n) is 4.26. The zero-order valence-corrected chi connectivity index (χ0v) is 14.4. The molecule has 0 aliphatic rings. The van der Waals surface area contributed by atoms with Crippen LogP contribution in [0.3, 0.4) is 0 Å². The van der Waals surface area contributed by atoms with Gasteiger partial charge in [-0.2, -0.15) is 8.42 Å². The van der Waals surface area contributed by atoms with E-state index in [1.54, 1.807) is 0 Å². The fraction of sp³-hybridized carbons (Fsp3) is 0.100. The summed E-state index contributed by atoms with van der Waals surface area (Å²) in [7, 11) is -4.52. The second kappa shape index (κ2) is 6.70. The topological polar surface area (TPSA) is 74.6 Å². The standard InChI is InChI=1S/C20H18O4S/c1-14(15-8-4-2-5-9-15)17-13-20(25(22,23)24)19(21)12-18(17)16-10-6-3-7-11-16/h2-14,21H,1H3,(H,22,23,24). The molecule has 0 fully saturated rings. The van der Waals surface area contributed by atoms with Gasteiger partial charge in [-0.05, 0) is 34.4 Å². The first kappa shape index (κ1) is 17.2. The van der Waals surface area contributed by atoms with E-state index in [1.165, 1.54) is 12.1 Å². The van der Waals surface area contributed by atoms with Gasteiger partial charge in [0.15, 0.2) is 0 Å². The number of rotatable bonds is 4. The Labute approximate surface area is 147 Å². The molecule has 0 radical (unpaired) electrons. The largest absolute Gasteiger partial charge is 0.506 e. The van der Waals surface area contributed by atoms with Gasteiger partial charge < -0.3 is 5.11 Å². The summed E-state index contributed by atoms with van der Waals surface area (Å²) in [5.74, 6) is -0.595. The molecule has 0 aliphatic carbocycles. The fourth-order valence-corrected chi connectivity index (χ4v) is 3.54. The Bertz CT molecular complexity index is 981. The predicted octanol–water partition coefficient (Wildman–Crippen LogP) is 4.46. The van der Waals surface area contributed by atoms with Gasteiger partial charge in [-0.25, -0.2) is 0 Å². The zero-order valence-electron chi connectivity index (χ0n) is 13.6. The van der Waals surface area contributed by atoms with E-state index in [-0.39, 0.29) is 5.92 Å². The van der Waals surface area contributed by atoms with Gasteiger partial charge in [0.1, 0.15) is 10.6 Å². The number of hydrogen-bond donors (Lipinski definition) is 2. The maximum absolute atomic E-state index is 11.6. The minimum atomic E-state index is -4.52. The maximum Gasteiger partial charge on any atom is 0.298 e. The summed E-state index contributed by atoms with van der Waals surface area (Å²) in [5.41, 5.74) is 3.30. The minimum Gasteiger partial charge on any atom is -0.506 e. The quantitative estimate of drug-likeness (QED) is 0.679. The van der Waals surface area contributed by atoms with Crippen LogP contribution in [0.25, 0.3) is 11.1 Å². The maximum atomic E-state index is 11.6. The van der Waals surface area contributed by atoms with E-state index >= 15 is 0 Å². The van der Waals surface area contributed by atoms with Crippen molar-refractivity contribution >= 4 is 10.1 Å². The molecule has 4 nitrogen and oxygen atoms in total. The van der Waals surface area contributed by atoms with Gasteiger partial charge >= 0.3 is 0 Å². The lowest BCUT2D eigenvalue weighted by Gasteiger charge is -2.19. The van der Waals surface area contributed by atoms with Gasteiger partial charge in [0.2, 0.25) is 0 Å². The second-order valence-electron chi connectivity index (χ2n) is 5.88. The van der Waals surface area contributed by atoms with Crippen molar-refractivity contribution in [2.75, 3.05) is 0 Å². The highest BCUT2D eigenvalue weighted by atomic mass is 32.2. The third kappa shape index (κ3) is 3.57. The molecule has 0 aromatic heterocycles. The number of hydrogen-bond acceptors (Lipinski definition) is 3. The number of benzene rings is 3. The van der Waals surface area contributed by atoms with Crippen molar-refractivity contribution in [1.29, 1.82) is 0 Å². The van der Waals surface area contributed by atoms with Crippen LogP contribution in [-0.2, 0) is 10.1 Å². The van der Waals surface area contributed by atoms with Crippen molar-refractivity contribution in [3.8, 4) is 16.9 Å². The Balaban J connectivity index is 2.26. The Hall–Kier alpha value is -2.63. The lowest BCUT2D eigenvalue weighted by atomic mass is 9.87. The van der Waals surface area contributed by atoms with Crippen LogP contribution >= 0.6 is 0 Å². The average molecular weight is 354 g/mol. The average Bonchev–Trinajstić information content (AvgIpc) is 2.61. The van der Waals surface area contributed by atoms with Gasteiger partial charge in [-0.15, -0.1) is 0 Å². The molecule has 0 spiro atoms. The first-order valence-corrected chi connectivity index (χ1v) is 9.26. The molecule has 128 valence electrons. The van der Waals surface area contributed by atoms with E-state index in [1.807, 2.05) is 67.6 Å². The zero-order chi connectivity index (χ0) is 18.0. The van der Waals surface area contributed by atoms with Crippen LogP contribution < -0.4 is 0 Å². The van der Waals surface area contributed by atoms with Crippen molar-refractivity contribution in [3.05, 3.63) is 83.9 Å². The monoisotopic (exact) mass is 354 g/mol. The summed E-state index contributed by atoms with van der Waals surface area (Å²) in [6.45, 7) is 1.96. The second-order valence-corrected chi connectivity index (χ2v) is 7.27. The summed E-state index contributed by atoms with van der Waals surface area (Å²) in [5, 5.41) is 10.1. The first-order valence-electron chi connectivity index (χ1n) is 7.82. The molecule has 0 aliphatic heterocycles. The Kier molecular flexibility index (Phi) is 4.61. The molecule has 3 rings (SSSR count). The van der Waals surface area contributed by atoms with Crippen LogP contribution in [0.2, 0.25) is 0 Å². The molecule has 0 amide bonds. The molecule has 0 heterocycles. The van der Waals surface area contributed by atoms with Crippen molar-refractivity contribution < 1.29 is 18.1 Å². The van der Waals surface area contributed by atoms with Gasteiger partial charge in [0.05, 0.1) is 0 Å². The molecule has 2 N–H and O–H groups in total. The highest BCUT2D eigenvalue weighted by Gasteiger charge is 2.22. The van der Waals surface area contributed by atoms with E-state index in [0.717, 1.165) is 16.7 Å². The Morgan fingerprint density at radius 3 is 2.00 bits per heavy atom. The van der Waals surface area contributed by atoms with Gasteiger partial charge in [-0.1, -0.05) is 67.6 Å². The Morgan fingerprint density at radius 2 is 1.44 bits per heavy atom. The fourth-order valence-electron chi connectivity index (χ4n) is 2.94. The SMILES string of the molecule is CC(c1ccccc1)c1cc(S(=O)(=O)O)c(O)cc1-c1ccccc1. The van der Waals surface area contributed by atoms with Crippen LogP contribution in [0.5, 0.6) is 5.75 Å². The summed E-state index contributed by atoms with van der Waals surface area (Å²) < 4.78 is 32.6. The van der Waals surface area contributed by atoms with E-state index < -0.39 is 20.8 Å². The number of phenols is 1. The molecule has 1 atom stereocenters. The molecule has 1 unspecified atom stereocenters. The lowest BCUT2D eigenvalue weighted by molar-refractivity contribution is 0.443. The van der Waals surface area contributed by atoms with E-state index in [0.29, 0.717) is 5.56 Å². The third-order valence-corrected chi connectivity index (χ3v) is 5.14. The molecule has 0 bridgehead atoms. The first-order chi connectivity index (χ1) is 11.9. The predicted molar refractivity (Wildman–Crippen MR) is 97.3 cm³/mol. The van der Waals surface area contributed by atoms with Crippen LogP contribution in [0.15, 0.2) is 77.7 Å². The molecule has 25 heavy (non-hydrogen) atoms. The normalized spacial score (nSPS) is 12.7. The highest BCUT2D eigenvalue weighted by Crippen LogP contribution is 2.38. The molecule has 3 aromatic rings. The molecular weight excluding hydrogens is 336 g/mol. The molecule has 0 saturated carbocycles. The number of phenolic OH excluding ortho intramolecular Hbond substituents is 1. The van der Waals surface area contributed by atoms with Crippen LogP contribution in [0.4, 0.5) is 0 Å². The molecule has 3 aromatic carbocycles. The minimum absolute atomic E-state index is 0.127. The van der Waals surface area contributed by atoms with E-state index in [4.69, 9.17) is 0 Å². The summed E-state index contributed by atoms with van der Waals surface area (Å²) in [6.07, 6.45) is 0. The molecule has 5 heteroatoms. The van der Waals surface area contributed by atoms with E-state index in [9.17, 15) is 18.1 Å².